The van der Waals surface area contributed by atoms with Crippen LogP contribution in [0.25, 0.3) is 0 Å². The Kier molecular flexibility index (Phi) is 5.34. The molecule has 2 heterocycles. The fourth-order valence-electron chi connectivity index (χ4n) is 3.00. The number of pyridine rings is 1. The fraction of sp³-hybridized carbons (Fsp3) is 0.667. The molecule has 0 aliphatic carbocycles. The Hall–Kier alpha value is -1.17. The highest BCUT2D eigenvalue weighted by molar-refractivity contribution is 5.38. The predicted octanol–water partition coefficient (Wildman–Crippen LogP) is 1.27. The fourth-order valence-corrected chi connectivity index (χ4v) is 3.00. The number of methoxy groups -OCH3 is 1. The molecule has 3 N–H and O–H groups in total. The van der Waals surface area contributed by atoms with Crippen LogP contribution in [-0.4, -0.2) is 48.4 Å². The summed E-state index contributed by atoms with van der Waals surface area (Å²) in [6.45, 7) is 3.65. The minimum Gasteiger partial charge on any atom is -0.396 e. The van der Waals surface area contributed by atoms with Crippen LogP contribution in [0.1, 0.15) is 24.8 Å². The van der Waals surface area contributed by atoms with Crippen molar-refractivity contribution in [1.29, 1.82) is 0 Å². The van der Waals surface area contributed by atoms with Gasteiger partial charge in [0.2, 0.25) is 0 Å². The number of likely N-dealkylation sites (tertiary alicyclic amines) is 1. The molecule has 0 aromatic carbocycles. The zero-order valence-corrected chi connectivity index (χ0v) is 12.2. The molecule has 1 aromatic heterocycles. The van der Waals surface area contributed by atoms with E-state index in [9.17, 15) is 5.11 Å². The van der Waals surface area contributed by atoms with Crippen LogP contribution in [0.4, 0.5) is 5.82 Å². The van der Waals surface area contributed by atoms with E-state index >= 15 is 0 Å². The second kappa shape index (κ2) is 7.02. The van der Waals surface area contributed by atoms with Crippen molar-refractivity contribution in [1.82, 2.24) is 9.88 Å². The summed E-state index contributed by atoms with van der Waals surface area (Å²) in [5.74, 6) is 0.601. The highest BCUT2D eigenvalue weighted by Gasteiger charge is 2.34. The zero-order valence-electron chi connectivity index (χ0n) is 12.2. The molecule has 1 saturated heterocycles. The average molecular weight is 279 g/mol. The van der Waals surface area contributed by atoms with Gasteiger partial charge in [-0.05, 0) is 31.9 Å². The first-order valence-corrected chi connectivity index (χ1v) is 7.21. The number of hydrogen-bond donors (Lipinski definition) is 2. The Morgan fingerprint density at radius 2 is 2.40 bits per heavy atom. The van der Waals surface area contributed by atoms with Gasteiger partial charge in [0.05, 0.1) is 6.61 Å². The highest BCUT2D eigenvalue weighted by Crippen LogP contribution is 2.33. The molecule has 1 aromatic rings. The van der Waals surface area contributed by atoms with E-state index in [-0.39, 0.29) is 12.0 Å². The third-order valence-electron chi connectivity index (χ3n) is 4.23. The highest BCUT2D eigenvalue weighted by atomic mass is 16.5. The predicted molar refractivity (Wildman–Crippen MR) is 79.2 cm³/mol. The van der Waals surface area contributed by atoms with Crippen LogP contribution in [0.15, 0.2) is 18.3 Å². The number of rotatable bonds is 6. The summed E-state index contributed by atoms with van der Waals surface area (Å²) in [6, 6.07) is 3.94. The first kappa shape index (κ1) is 15.2. The molecule has 5 heteroatoms. The molecule has 2 rings (SSSR count). The number of ether oxygens (including phenoxy) is 1. The molecular formula is C15H25N3O2. The molecule has 1 fully saturated rings. The molecule has 5 nitrogen and oxygen atoms in total. The summed E-state index contributed by atoms with van der Waals surface area (Å²) in [7, 11) is 1.71. The normalized spacial score (nSPS) is 23.9. The lowest BCUT2D eigenvalue weighted by atomic mass is 9.78. The molecule has 0 saturated carbocycles. The van der Waals surface area contributed by atoms with Crippen molar-refractivity contribution in [3.63, 3.8) is 0 Å². The zero-order chi connectivity index (χ0) is 14.4. The van der Waals surface area contributed by atoms with Crippen LogP contribution >= 0.6 is 0 Å². The van der Waals surface area contributed by atoms with Crippen LogP contribution in [-0.2, 0) is 11.3 Å². The number of hydrogen-bond acceptors (Lipinski definition) is 5. The summed E-state index contributed by atoms with van der Waals surface area (Å²) in [6.07, 6.45) is 4.78. The number of aliphatic hydroxyl groups excluding tert-OH is 1. The van der Waals surface area contributed by atoms with Gasteiger partial charge in [0.25, 0.3) is 0 Å². The Balaban J connectivity index is 2.01. The molecule has 112 valence electrons. The minimum atomic E-state index is -0.0365. The van der Waals surface area contributed by atoms with Crippen molar-refractivity contribution in [2.45, 2.75) is 25.8 Å². The van der Waals surface area contributed by atoms with E-state index in [0.717, 1.165) is 44.5 Å². The lowest BCUT2D eigenvalue weighted by Gasteiger charge is -2.42. The largest absolute Gasteiger partial charge is 0.396 e. The van der Waals surface area contributed by atoms with Gasteiger partial charge in [-0.2, -0.15) is 0 Å². The number of aliphatic hydroxyl groups is 1. The number of aromatic nitrogens is 1. The number of anilines is 1. The summed E-state index contributed by atoms with van der Waals surface area (Å²) < 4.78 is 5.18. The van der Waals surface area contributed by atoms with Gasteiger partial charge in [-0.1, -0.05) is 6.07 Å². The van der Waals surface area contributed by atoms with Gasteiger partial charge in [0.1, 0.15) is 5.82 Å². The lowest BCUT2D eigenvalue weighted by Crippen LogP contribution is -2.45. The van der Waals surface area contributed by atoms with Gasteiger partial charge in [-0.25, -0.2) is 4.98 Å². The third-order valence-corrected chi connectivity index (χ3v) is 4.23. The van der Waals surface area contributed by atoms with Gasteiger partial charge in [0, 0.05) is 44.0 Å². The third kappa shape index (κ3) is 3.69. The monoisotopic (exact) mass is 279 g/mol. The quantitative estimate of drug-likeness (QED) is 0.820. The van der Waals surface area contributed by atoms with E-state index in [1.807, 2.05) is 12.1 Å². The number of piperidine rings is 1. The van der Waals surface area contributed by atoms with Gasteiger partial charge in [-0.15, -0.1) is 0 Å². The summed E-state index contributed by atoms with van der Waals surface area (Å²) in [5, 5.41) is 9.79. The van der Waals surface area contributed by atoms with E-state index < -0.39 is 0 Å². The van der Waals surface area contributed by atoms with Crippen LogP contribution in [0.3, 0.4) is 0 Å². The average Bonchev–Trinajstić information content (AvgIpc) is 2.48. The number of nitrogens with two attached hydrogens (primary N) is 1. The summed E-state index contributed by atoms with van der Waals surface area (Å²) in [5.41, 5.74) is 6.94. The summed E-state index contributed by atoms with van der Waals surface area (Å²) in [4.78, 5) is 6.50. The van der Waals surface area contributed by atoms with E-state index in [2.05, 4.69) is 9.88 Å². The first-order chi connectivity index (χ1) is 9.69. The van der Waals surface area contributed by atoms with Crippen LogP contribution in [0.5, 0.6) is 0 Å². The molecule has 0 unspecified atom stereocenters. The van der Waals surface area contributed by atoms with Crippen molar-refractivity contribution in [2.75, 3.05) is 39.1 Å². The smallest absolute Gasteiger partial charge is 0.127 e. The Morgan fingerprint density at radius 3 is 3.10 bits per heavy atom. The van der Waals surface area contributed by atoms with Crippen LogP contribution in [0.2, 0.25) is 0 Å². The Labute approximate surface area is 120 Å². The second-order valence-corrected chi connectivity index (χ2v) is 5.76. The molecule has 0 bridgehead atoms. The standard InChI is InChI=1S/C15H25N3O2/c1-20-9-6-15(12-19)5-3-8-18(11-15)10-13-4-2-7-17-14(13)16/h2,4,7,19H,3,5-6,8-12H2,1H3,(H2,16,17)/t15-/m1/s1. The van der Waals surface area contributed by atoms with E-state index in [1.54, 1.807) is 13.3 Å². The molecule has 0 spiro atoms. The SMILES string of the molecule is COCC[C@]1(CO)CCCN(Cc2cccnc2N)C1. The van der Waals surface area contributed by atoms with Crippen molar-refractivity contribution >= 4 is 5.82 Å². The van der Waals surface area contributed by atoms with Gasteiger partial charge in [0.15, 0.2) is 0 Å². The lowest BCUT2D eigenvalue weighted by molar-refractivity contribution is 0.00480. The van der Waals surface area contributed by atoms with Crippen molar-refractivity contribution in [3.05, 3.63) is 23.9 Å². The molecule has 1 atom stereocenters. The second-order valence-electron chi connectivity index (χ2n) is 5.76. The molecule has 1 aliphatic heterocycles. The van der Waals surface area contributed by atoms with Crippen molar-refractivity contribution in [2.24, 2.45) is 5.41 Å². The maximum atomic E-state index is 9.79. The van der Waals surface area contributed by atoms with Crippen LogP contribution in [0, 0.1) is 5.41 Å². The molecule has 1 aliphatic rings. The Morgan fingerprint density at radius 1 is 1.55 bits per heavy atom. The molecule has 0 radical (unpaired) electrons. The van der Waals surface area contributed by atoms with Crippen molar-refractivity contribution in [3.8, 4) is 0 Å². The van der Waals surface area contributed by atoms with E-state index in [0.29, 0.717) is 12.4 Å². The molecule has 20 heavy (non-hydrogen) atoms. The summed E-state index contributed by atoms with van der Waals surface area (Å²) >= 11 is 0. The topological polar surface area (TPSA) is 71.6 Å². The van der Waals surface area contributed by atoms with Gasteiger partial charge < -0.3 is 15.6 Å². The Bertz CT molecular complexity index is 427. The van der Waals surface area contributed by atoms with Crippen LogP contribution < -0.4 is 5.73 Å². The van der Waals surface area contributed by atoms with E-state index in [1.165, 1.54) is 0 Å². The van der Waals surface area contributed by atoms with E-state index in [4.69, 9.17) is 10.5 Å². The maximum absolute atomic E-state index is 9.79. The first-order valence-electron chi connectivity index (χ1n) is 7.21. The maximum Gasteiger partial charge on any atom is 0.127 e. The van der Waals surface area contributed by atoms with Gasteiger partial charge in [-0.3, -0.25) is 4.90 Å². The molecule has 0 amide bonds. The molecular weight excluding hydrogens is 254 g/mol. The number of nitrogens with zero attached hydrogens (tertiary/aromatic N) is 2. The van der Waals surface area contributed by atoms with Crippen molar-refractivity contribution < 1.29 is 9.84 Å². The minimum absolute atomic E-state index is 0.0365. The number of nitrogen functional groups attached to an aromatic ring is 1. The van der Waals surface area contributed by atoms with Gasteiger partial charge >= 0.3 is 0 Å².